The van der Waals surface area contributed by atoms with E-state index in [1.807, 2.05) is 0 Å². The van der Waals surface area contributed by atoms with Gasteiger partial charge in [0.1, 0.15) is 5.75 Å². The first kappa shape index (κ1) is 23.4. The van der Waals surface area contributed by atoms with E-state index in [-0.39, 0.29) is 11.7 Å². The summed E-state index contributed by atoms with van der Waals surface area (Å²) in [4.78, 5) is 15.0. The first-order valence-corrected chi connectivity index (χ1v) is 11.6. The number of amides is 1. The van der Waals surface area contributed by atoms with Gasteiger partial charge in [-0.3, -0.25) is 4.79 Å². The van der Waals surface area contributed by atoms with Gasteiger partial charge in [0.05, 0.1) is 17.6 Å². The molecule has 0 bridgehead atoms. The smallest absolute Gasteiger partial charge is 0.422 e. The molecule has 2 saturated carbocycles. The SMILES string of the molecule is O=C1N(c2ccc(OCC(F)(F)F)cc2)CCC12CCC(O)(COCC1CCCC1)CC2. The number of carbonyl (C=O) groups excluding carboxylic acids is 1. The minimum atomic E-state index is -4.39. The van der Waals surface area contributed by atoms with Crippen LogP contribution in [0.2, 0.25) is 0 Å². The van der Waals surface area contributed by atoms with Gasteiger partial charge in [-0.2, -0.15) is 13.2 Å². The molecule has 8 heteroatoms. The van der Waals surface area contributed by atoms with Gasteiger partial charge in [-0.1, -0.05) is 12.8 Å². The molecule has 1 amide bonds. The van der Waals surface area contributed by atoms with Gasteiger partial charge >= 0.3 is 6.18 Å². The number of halogens is 3. The molecule has 5 nitrogen and oxygen atoms in total. The van der Waals surface area contributed by atoms with Gasteiger partial charge < -0.3 is 19.5 Å². The van der Waals surface area contributed by atoms with Gasteiger partial charge in [-0.05, 0) is 75.1 Å². The molecule has 0 atom stereocenters. The Kier molecular flexibility index (Phi) is 6.73. The average molecular weight is 456 g/mol. The summed E-state index contributed by atoms with van der Waals surface area (Å²) in [5.41, 5.74) is -0.676. The zero-order valence-corrected chi connectivity index (χ0v) is 18.3. The molecular formula is C24H32F3NO4. The highest BCUT2D eigenvalue weighted by molar-refractivity contribution is 6.00. The van der Waals surface area contributed by atoms with Crippen LogP contribution in [0.3, 0.4) is 0 Å². The molecule has 1 saturated heterocycles. The number of hydrogen-bond donors (Lipinski definition) is 1. The number of aliphatic hydroxyl groups is 1. The molecule has 0 unspecified atom stereocenters. The van der Waals surface area contributed by atoms with Gasteiger partial charge in [-0.25, -0.2) is 0 Å². The predicted molar refractivity (Wildman–Crippen MR) is 114 cm³/mol. The minimum Gasteiger partial charge on any atom is -0.484 e. The van der Waals surface area contributed by atoms with Gasteiger partial charge in [-0.15, -0.1) is 0 Å². The van der Waals surface area contributed by atoms with Crippen LogP contribution < -0.4 is 9.64 Å². The molecule has 1 aliphatic heterocycles. The number of nitrogens with zero attached hydrogens (tertiary/aromatic N) is 1. The summed E-state index contributed by atoms with van der Waals surface area (Å²) >= 11 is 0. The third kappa shape index (κ3) is 5.39. The van der Waals surface area contributed by atoms with E-state index in [9.17, 15) is 23.1 Å². The lowest BCUT2D eigenvalue weighted by Crippen LogP contribution is -2.45. The largest absolute Gasteiger partial charge is 0.484 e. The summed E-state index contributed by atoms with van der Waals surface area (Å²) in [6.45, 7) is 0.267. The van der Waals surface area contributed by atoms with Gasteiger partial charge in [0.2, 0.25) is 5.91 Å². The lowest BCUT2D eigenvalue weighted by atomic mass is 9.68. The van der Waals surface area contributed by atoms with E-state index in [1.165, 1.54) is 37.8 Å². The summed E-state index contributed by atoms with van der Waals surface area (Å²) in [5, 5.41) is 11.0. The molecule has 4 rings (SSSR count). The van der Waals surface area contributed by atoms with E-state index < -0.39 is 23.8 Å². The number of rotatable bonds is 7. The summed E-state index contributed by atoms with van der Waals surface area (Å²) in [6.07, 6.45) is 3.62. The fourth-order valence-corrected chi connectivity index (χ4v) is 5.35. The second-order valence-corrected chi connectivity index (χ2v) is 9.77. The lowest BCUT2D eigenvalue weighted by Gasteiger charge is -2.40. The first-order valence-electron chi connectivity index (χ1n) is 11.6. The molecule has 32 heavy (non-hydrogen) atoms. The van der Waals surface area contributed by atoms with Crippen molar-refractivity contribution in [1.82, 2.24) is 0 Å². The summed E-state index contributed by atoms with van der Waals surface area (Å²) < 4.78 is 47.5. The summed E-state index contributed by atoms with van der Waals surface area (Å²) in [5.74, 6) is 0.770. The number of benzene rings is 1. The van der Waals surface area contributed by atoms with Crippen molar-refractivity contribution in [3.8, 4) is 5.75 Å². The molecule has 0 aromatic heterocycles. The number of ether oxygens (including phenoxy) is 2. The zero-order valence-electron chi connectivity index (χ0n) is 18.3. The van der Waals surface area contributed by atoms with Crippen LogP contribution in [0, 0.1) is 11.3 Å². The third-order valence-corrected chi connectivity index (χ3v) is 7.40. The second kappa shape index (κ2) is 9.21. The van der Waals surface area contributed by atoms with Crippen molar-refractivity contribution in [2.75, 3.05) is 31.3 Å². The Labute approximate surface area is 186 Å². The van der Waals surface area contributed by atoms with Crippen LogP contribution in [0.15, 0.2) is 24.3 Å². The number of anilines is 1. The highest BCUT2D eigenvalue weighted by Crippen LogP contribution is 2.48. The van der Waals surface area contributed by atoms with Crippen LogP contribution in [-0.2, 0) is 9.53 Å². The number of hydrogen-bond acceptors (Lipinski definition) is 4. The highest BCUT2D eigenvalue weighted by Gasteiger charge is 2.51. The lowest BCUT2D eigenvalue weighted by molar-refractivity contribution is -0.153. The molecule has 2 aliphatic carbocycles. The highest BCUT2D eigenvalue weighted by atomic mass is 19.4. The Hall–Kier alpha value is -1.80. The number of alkyl halides is 3. The van der Waals surface area contributed by atoms with Gasteiger partial charge in [0.15, 0.2) is 6.61 Å². The molecular weight excluding hydrogens is 423 g/mol. The average Bonchev–Trinajstić information content (AvgIpc) is 3.38. The topological polar surface area (TPSA) is 59.0 Å². The Morgan fingerprint density at radius 1 is 1.03 bits per heavy atom. The minimum absolute atomic E-state index is 0.0374. The monoisotopic (exact) mass is 455 g/mol. The Morgan fingerprint density at radius 2 is 1.69 bits per heavy atom. The molecule has 0 radical (unpaired) electrons. The second-order valence-electron chi connectivity index (χ2n) is 9.77. The van der Waals surface area contributed by atoms with Crippen LogP contribution in [-0.4, -0.2) is 49.2 Å². The van der Waals surface area contributed by atoms with Crippen molar-refractivity contribution >= 4 is 11.6 Å². The van der Waals surface area contributed by atoms with E-state index in [0.717, 1.165) is 6.42 Å². The standard InChI is InChI=1S/C24H32F3NO4/c25-24(26,27)17-32-20-7-5-19(6-8-20)28-14-13-22(21(28)29)9-11-23(30,12-10-22)16-31-15-18-3-1-2-4-18/h5-8,18,30H,1-4,9-17H2. The molecule has 3 fully saturated rings. The Balaban J connectivity index is 1.29. The maximum absolute atomic E-state index is 13.3. The van der Waals surface area contributed by atoms with E-state index in [1.54, 1.807) is 17.0 Å². The molecule has 178 valence electrons. The fourth-order valence-electron chi connectivity index (χ4n) is 5.35. The van der Waals surface area contributed by atoms with E-state index in [0.29, 0.717) is 57.0 Å². The number of carbonyl (C=O) groups is 1. The zero-order chi connectivity index (χ0) is 22.8. The Bertz CT molecular complexity index is 781. The normalized spacial score (nSPS) is 29.2. The maximum atomic E-state index is 13.3. The van der Waals surface area contributed by atoms with Crippen LogP contribution in [0.5, 0.6) is 5.75 Å². The van der Waals surface area contributed by atoms with E-state index >= 15 is 0 Å². The third-order valence-electron chi connectivity index (χ3n) is 7.40. The van der Waals surface area contributed by atoms with Crippen molar-refractivity contribution in [3.63, 3.8) is 0 Å². The predicted octanol–water partition coefficient (Wildman–Crippen LogP) is 4.86. The van der Waals surface area contributed by atoms with Crippen LogP contribution in [0.4, 0.5) is 18.9 Å². The van der Waals surface area contributed by atoms with Gasteiger partial charge in [0.25, 0.3) is 0 Å². The van der Waals surface area contributed by atoms with Crippen molar-refractivity contribution in [1.29, 1.82) is 0 Å². The van der Waals surface area contributed by atoms with Crippen molar-refractivity contribution in [2.24, 2.45) is 11.3 Å². The first-order chi connectivity index (χ1) is 15.2. The molecule has 1 spiro atoms. The van der Waals surface area contributed by atoms with Crippen molar-refractivity contribution in [2.45, 2.75) is 69.6 Å². The molecule has 1 N–H and O–H groups in total. The van der Waals surface area contributed by atoms with Crippen molar-refractivity contribution in [3.05, 3.63) is 24.3 Å². The van der Waals surface area contributed by atoms with E-state index in [2.05, 4.69) is 0 Å². The van der Waals surface area contributed by atoms with Crippen molar-refractivity contribution < 1.29 is 32.5 Å². The summed E-state index contributed by atoms with van der Waals surface area (Å²) in [6, 6.07) is 6.17. The molecule has 3 aliphatic rings. The van der Waals surface area contributed by atoms with Crippen LogP contribution in [0.25, 0.3) is 0 Å². The molecule has 1 aromatic rings. The molecule has 1 aromatic carbocycles. The van der Waals surface area contributed by atoms with Crippen LogP contribution in [0.1, 0.15) is 57.8 Å². The quantitative estimate of drug-likeness (QED) is 0.638. The fraction of sp³-hybridized carbons (Fsp3) is 0.708. The molecule has 1 heterocycles. The Morgan fingerprint density at radius 3 is 2.31 bits per heavy atom. The summed E-state index contributed by atoms with van der Waals surface area (Å²) in [7, 11) is 0. The maximum Gasteiger partial charge on any atom is 0.422 e. The van der Waals surface area contributed by atoms with Gasteiger partial charge in [0, 0.05) is 18.8 Å². The van der Waals surface area contributed by atoms with E-state index in [4.69, 9.17) is 9.47 Å². The van der Waals surface area contributed by atoms with Crippen LogP contribution >= 0.6 is 0 Å².